The minimum Gasteiger partial charge on any atom is -0.465 e. The van der Waals surface area contributed by atoms with Crippen LogP contribution >= 0.6 is 0 Å². The van der Waals surface area contributed by atoms with E-state index in [1.165, 1.54) is 0 Å². The van der Waals surface area contributed by atoms with E-state index in [0.717, 1.165) is 0 Å². The Morgan fingerprint density at radius 3 is 1.56 bits per heavy atom. The van der Waals surface area contributed by atoms with Gasteiger partial charge in [0.1, 0.15) is 23.4 Å². The molecule has 0 spiro atoms. The van der Waals surface area contributed by atoms with Crippen molar-refractivity contribution in [3.05, 3.63) is 0 Å². The number of Topliss-reactive ketones (excluding diaryl/α,β-unsaturated/α-hetero) is 2. The van der Waals surface area contributed by atoms with Crippen LogP contribution in [0.4, 0.5) is 0 Å². The number of hydrogen-bond donors (Lipinski definition) is 0. The predicted octanol–water partition coefficient (Wildman–Crippen LogP) is 0.277. The molecule has 0 unspecified atom stereocenters. The molecular formula is C12H16O6. The van der Waals surface area contributed by atoms with Crippen molar-refractivity contribution in [1.29, 1.82) is 0 Å². The molecular weight excluding hydrogens is 240 g/mol. The molecule has 2 atom stereocenters. The number of rotatable bonds is 4. The lowest BCUT2D eigenvalue weighted by Crippen LogP contribution is -2.41. The van der Waals surface area contributed by atoms with Gasteiger partial charge in [-0.3, -0.25) is 19.2 Å². The van der Waals surface area contributed by atoms with E-state index in [2.05, 4.69) is 0 Å². The number of carbonyl (C=O) groups excluding carboxylic acids is 4. The fourth-order valence-corrected chi connectivity index (χ4v) is 1.83. The summed E-state index contributed by atoms with van der Waals surface area (Å²) in [7, 11) is 0. The second kappa shape index (κ2) is 6.28. The van der Waals surface area contributed by atoms with Crippen molar-refractivity contribution in [2.45, 2.75) is 26.7 Å². The first-order valence-electron chi connectivity index (χ1n) is 5.89. The van der Waals surface area contributed by atoms with E-state index >= 15 is 0 Å². The summed E-state index contributed by atoms with van der Waals surface area (Å²) in [4.78, 5) is 46.3. The fraction of sp³-hybridized carbons (Fsp3) is 0.667. The van der Waals surface area contributed by atoms with Gasteiger partial charge >= 0.3 is 11.9 Å². The maximum Gasteiger partial charge on any atom is 0.316 e. The third-order valence-electron chi connectivity index (χ3n) is 2.73. The fourth-order valence-electron chi connectivity index (χ4n) is 1.83. The predicted molar refractivity (Wildman–Crippen MR) is 59.5 cm³/mol. The van der Waals surface area contributed by atoms with Gasteiger partial charge in [-0.05, 0) is 13.8 Å². The van der Waals surface area contributed by atoms with E-state index in [1.807, 2.05) is 0 Å². The molecule has 1 fully saturated rings. The van der Waals surface area contributed by atoms with Crippen LogP contribution in [-0.4, -0.2) is 36.7 Å². The van der Waals surface area contributed by atoms with Gasteiger partial charge in [0.2, 0.25) is 0 Å². The lowest BCUT2D eigenvalue weighted by Gasteiger charge is -2.23. The third kappa shape index (κ3) is 3.15. The number of esters is 2. The van der Waals surface area contributed by atoms with Crippen LogP contribution in [0, 0.1) is 11.8 Å². The zero-order valence-corrected chi connectivity index (χ0v) is 10.4. The summed E-state index contributed by atoms with van der Waals surface area (Å²) in [6, 6.07) is 0. The Balaban J connectivity index is 2.71. The van der Waals surface area contributed by atoms with Crippen molar-refractivity contribution >= 4 is 23.5 Å². The summed E-state index contributed by atoms with van der Waals surface area (Å²) < 4.78 is 9.43. The highest BCUT2D eigenvalue weighted by Crippen LogP contribution is 2.25. The van der Waals surface area contributed by atoms with Crippen LogP contribution in [0.5, 0.6) is 0 Å². The molecule has 0 bridgehead atoms. The summed E-state index contributed by atoms with van der Waals surface area (Å²) >= 11 is 0. The van der Waals surface area contributed by atoms with Gasteiger partial charge in [0.15, 0.2) is 0 Å². The topological polar surface area (TPSA) is 86.7 Å². The first-order valence-corrected chi connectivity index (χ1v) is 5.89. The maximum atomic E-state index is 11.7. The van der Waals surface area contributed by atoms with Crippen LogP contribution in [-0.2, 0) is 28.7 Å². The van der Waals surface area contributed by atoms with Crippen LogP contribution in [0.2, 0.25) is 0 Å². The van der Waals surface area contributed by atoms with Gasteiger partial charge in [-0.25, -0.2) is 0 Å². The SMILES string of the molecule is CCOC(=O)[C@@H]1CC(=O)[C@@H](C(=O)OCC)CC1=O. The van der Waals surface area contributed by atoms with E-state index in [1.54, 1.807) is 13.8 Å². The molecule has 0 aliphatic heterocycles. The molecule has 0 saturated heterocycles. The van der Waals surface area contributed by atoms with Gasteiger partial charge in [0.05, 0.1) is 13.2 Å². The largest absolute Gasteiger partial charge is 0.465 e. The highest BCUT2D eigenvalue weighted by molar-refractivity contribution is 6.12. The summed E-state index contributed by atoms with van der Waals surface area (Å²) in [5.41, 5.74) is 0. The van der Waals surface area contributed by atoms with Crippen LogP contribution < -0.4 is 0 Å². The normalized spacial score (nSPS) is 23.7. The Labute approximate surface area is 105 Å². The Morgan fingerprint density at radius 1 is 0.944 bits per heavy atom. The summed E-state index contributed by atoms with van der Waals surface area (Å²) in [6.07, 6.45) is -0.553. The van der Waals surface area contributed by atoms with Crippen molar-refractivity contribution in [2.24, 2.45) is 11.8 Å². The first-order chi connectivity index (χ1) is 8.51. The Kier molecular flexibility index (Phi) is 5.00. The monoisotopic (exact) mass is 256 g/mol. The van der Waals surface area contributed by atoms with Crippen molar-refractivity contribution in [3.63, 3.8) is 0 Å². The smallest absolute Gasteiger partial charge is 0.316 e. The van der Waals surface area contributed by atoms with Gasteiger partial charge in [-0.15, -0.1) is 0 Å². The molecule has 100 valence electrons. The van der Waals surface area contributed by atoms with E-state index in [0.29, 0.717) is 0 Å². The van der Waals surface area contributed by atoms with Crippen molar-refractivity contribution in [1.82, 2.24) is 0 Å². The van der Waals surface area contributed by atoms with E-state index in [9.17, 15) is 19.2 Å². The molecule has 1 rings (SSSR count). The zero-order valence-electron chi connectivity index (χ0n) is 10.4. The lowest BCUT2D eigenvalue weighted by molar-refractivity contribution is -0.162. The molecule has 0 aromatic heterocycles. The molecule has 0 aromatic carbocycles. The van der Waals surface area contributed by atoms with Crippen LogP contribution in [0.3, 0.4) is 0 Å². The molecule has 6 nitrogen and oxygen atoms in total. The van der Waals surface area contributed by atoms with Gasteiger partial charge in [0.25, 0.3) is 0 Å². The zero-order chi connectivity index (χ0) is 13.7. The molecule has 1 aliphatic rings. The molecule has 0 amide bonds. The Bertz CT molecular complexity index is 337. The number of carbonyl (C=O) groups is 4. The molecule has 1 aliphatic carbocycles. The second-order valence-electron chi connectivity index (χ2n) is 3.95. The third-order valence-corrected chi connectivity index (χ3v) is 2.73. The average Bonchev–Trinajstić information content (AvgIpc) is 2.32. The van der Waals surface area contributed by atoms with E-state index in [-0.39, 0.29) is 26.1 Å². The average molecular weight is 256 g/mol. The van der Waals surface area contributed by atoms with Crippen LogP contribution in [0.15, 0.2) is 0 Å². The number of hydrogen-bond acceptors (Lipinski definition) is 6. The molecule has 0 radical (unpaired) electrons. The molecule has 0 N–H and O–H groups in total. The quantitative estimate of drug-likeness (QED) is 0.530. The standard InChI is InChI=1S/C12H16O6/c1-3-17-11(15)7-5-10(14)8(6-9(7)13)12(16)18-4-2/h7-8H,3-6H2,1-2H3/t7-,8+. The van der Waals surface area contributed by atoms with Crippen molar-refractivity contribution < 1.29 is 28.7 Å². The highest BCUT2D eigenvalue weighted by Gasteiger charge is 2.43. The summed E-state index contributed by atoms with van der Waals surface area (Å²) in [5.74, 6) is -4.40. The van der Waals surface area contributed by atoms with Gasteiger partial charge in [-0.2, -0.15) is 0 Å². The van der Waals surface area contributed by atoms with Gasteiger partial charge < -0.3 is 9.47 Å². The van der Waals surface area contributed by atoms with Gasteiger partial charge in [-0.1, -0.05) is 0 Å². The second-order valence-corrected chi connectivity index (χ2v) is 3.95. The molecule has 1 saturated carbocycles. The molecule has 18 heavy (non-hydrogen) atoms. The minimum atomic E-state index is -1.07. The van der Waals surface area contributed by atoms with E-state index < -0.39 is 35.3 Å². The first kappa shape index (κ1) is 14.3. The molecule has 0 heterocycles. The number of ketones is 2. The Hall–Kier alpha value is -1.72. The highest BCUT2D eigenvalue weighted by atomic mass is 16.5. The minimum absolute atomic E-state index is 0.151. The maximum absolute atomic E-state index is 11.7. The summed E-state index contributed by atoms with van der Waals surface area (Å²) in [6.45, 7) is 3.54. The van der Waals surface area contributed by atoms with E-state index in [4.69, 9.17) is 9.47 Å². The van der Waals surface area contributed by atoms with Crippen LogP contribution in [0.1, 0.15) is 26.7 Å². The van der Waals surface area contributed by atoms with Gasteiger partial charge in [0, 0.05) is 12.8 Å². The Morgan fingerprint density at radius 2 is 1.28 bits per heavy atom. The van der Waals surface area contributed by atoms with Crippen molar-refractivity contribution in [3.8, 4) is 0 Å². The van der Waals surface area contributed by atoms with Crippen molar-refractivity contribution in [2.75, 3.05) is 13.2 Å². The summed E-state index contributed by atoms with van der Waals surface area (Å²) in [5, 5.41) is 0. The number of ether oxygens (including phenoxy) is 2. The molecule has 0 aromatic rings. The molecule has 6 heteroatoms. The van der Waals surface area contributed by atoms with Crippen LogP contribution in [0.25, 0.3) is 0 Å². The lowest BCUT2D eigenvalue weighted by atomic mass is 9.80.